The molecule has 2 unspecified atom stereocenters. The van der Waals surface area contributed by atoms with Gasteiger partial charge in [-0.1, -0.05) is 19.3 Å². The van der Waals surface area contributed by atoms with Crippen molar-refractivity contribution in [2.24, 2.45) is 21.6 Å². The Labute approximate surface area is 185 Å². The summed E-state index contributed by atoms with van der Waals surface area (Å²) in [6.45, 7) is 4.20. The predicted molar refractivity (Wildman–Crippen MR) is 122 cm³/mol. The van der Waals surface area contributed by atoms with Gasteiger partial charge in [0.05, 0.1) is 12.6 Å². The van der Waals surface area contributed by atoms with E-state index in [0.29, 0.717) is 24.5 Å². The fourth-order valence-corrected chi connectivity index (χ4v) is 5.94. The van der Waals surface area contributed by atoms with Crippen molar-refractivity contribution >= 4 is 17.7 Å². The first-order valence-corrected chi connectivity index (χ1v) is 12.4. The summed E-state index contributed by atoms with van der Waals surface area (Å²) in [6.07, 6.45) is 9.98. The first-order valence-electron chi connectivity index (χ1n) is 12.4. The van der Waals surface area contributed by atoms with Crippen molar-refractivity contribution in [1.29, 1.82) is 0 Å². The van der Waals surface area contributed by atoms with Gasteiger partial charge in [0.25, 0.3) is 0 Å². The summed E-state index contributed by atoms with van der Waals surface area (Å²) in [4.78, 5) is 26.9. The van der Waals surface area contributed by atoms with E-state index in [4.69, 9.17) is 10.7 Å². The molecular formula is C22H38N8O. The summed E-state index contributed by atoms with van der Waals surface area (Å²) in [5.41, 5.74) is 6.49. The van der Waals surface area contributed by atoms with Gasteiger partial charge in [-0.25, -0.2) is 4.99 Å². The molecule has 0 aromatic heterocycles. The molecule has 31 heavy (non-hydrogen) atoms. The second-order valence-corrected chi connectivity index (χ2v) is 9.77. The standard InChI is InChI=1S/C22H38N8O/c23-21-27-18-14-25-22(26-16-4-2-1-3-5-16)28-19(18)30(21)17-8-6-15(7-9-17)20(31)29-12-10-24-11-13-29/h15-18,21,24,27H,1-14,23H2,(H,25,26). The molecule has 5 N–H and O–H groups in total. The molecule has 2 atom stereocenters. The van der Waals surface area contributed by atoms with Crippen molar-refractivity contribution in [1.82, 2.24) is 25.8 Å². The molecule has 5 rings (SSSR count). The molecule has 2 saturated heterocycles. The van der Waals surface area contributed by atoms with Crippen molar-refractivity contribution in [3.63, 3.8) is 0 Å². The zero-order valence-corrected chi connectivity index (χ0v) is 18.6. The molecule has 0 radical (unpaired) electrons. The number of hydrogen-bond donors (Lipinski definition) is 4. The van der Waals surface area contributed by atoms with Gasteiger partial charge >= 0.3 is 0 Å². The number of nitrogens with zero attached hydrogens (tertiary/aromatic N) is 4. The Morgan fingerprint density at radius 3 is 2.52 bits per heavy atom. The molecule has 3 aliphatic heterocycles. The molecule has 0 bridgehead atoms. The second kappa shape index (κ2) is 9.42. The van der Waals surface area contributed by atoms with Gasteiger partial charge in [0.2, 0.25) is 11.9 Å². The number of fused-ring (bicyclic) bond motifs is 1. The van der Waals surface area contributed by atoms with Crippen LogP contribution in [0.3, 0.4) is 0 Å². The van der Waals surface area contributed by atoms with E-state index in [9.17, 15) is 4.79 Å². The van der Waals surface area contributed by atoms with E-state index in [0.717, 1.165) is 63.7 Å². The van der Waals surface area contributed by atoms with Crippen molar-refractivity contribution in [3.05, 3.63) is 0 Å². The van der Waals surface area contributed by atoms with Crippen LogP contribution in [0.25, 0.3) is 0 Å². The minimum Gasteiger partial charge on any atom is -0.352 e. The number of rotatable bonds is 3. The molecule has 9 heteroatoms. The highest BCUT2D eigenvalue weighted by Crippen LogP contribution is 2.32. The van der Waals surface area contributed by atoms with Gasteiger partial charge in [0.1, 0.15) is 12.1 Å². The average molecular weight is 431 g/mol. The summed E-state index contributed by atoms with van der Waals surface area (Å²) in [5, 5.41) is 10.4. The first kappa shape index (κ1) is 21.2. The summed E-state index contributed by atoms with van der Waals surface area (Å²) in [7, 11) is 0. The van der Waals surface area contributed by atoms with E-state index >= 15 is 0 Å². The Balaban J connectivity index is 1.20. The Morgan fingerprint density at radius 1 is 1.03 bits per heavy atom. The van der Waals surface area contributed by atoms with Crippen LogP contribution in [-0.2, 0) is 4.79 Å². The highest BCUT2D eigenvalue weighted by atomic mass is 16.2. The summed E-state index contributed by atoms with van der Waals surface area (Å²) < 4.78 is 0. The number of amides is 1. The maximum atomic E-state index is 12.9. The third-order valence-electron chi connectivity index (χ3n) is 7.70. The minimum absolute atomic E-state index is 0.104. The fraction of sp³-hybridized carbons (Fsp3) is 0.864. The molecule has 1 amide bonds. The smallest absolute Gasteiger partial charge is 0.225 e. The van der Waals surface area contributed by atoms with Crippen molar-refractivity contribution in [2.75, 3.05) is 32.7 Å². The SMILES string of the molecule is NC1NC2CN=C(NC3CCCCC3)N=C2N1C1CCC(C(=O)N2CCNCC2)CC1. The summed E-state index contributed by atoms with van der Waals surface area (Å²) >= 11 is 0. The van der Waals surface area contributed by atoms with Crippen LogP contribution >= 0.6 is 0 Å². The fourth-order valence-electron chi connectivity index (χ4n) is 5.94. The molecule has 2 aliphatic carbocycles. The topological polar surface area (TPSA) is 110 Å². The van der Waals surface area contributed by atoms with Crippen molar-refractivity contribution in [2.45, 2.75) is 82.2 Å². The number of piperazine rings is 1. The number of carbonyl (C=O) groups excluding carboxylic acids is 1. The molecular weight excluding hydrogens is 392 g/mol. The van der Waals surface area contributed by atoms with Gasteiger partial charge in [0, 0.05) is 44.2 Å². The zero-order valence-electron chi connectivity index (χ0n) is 18.6. The van der Waals surface area contributed by atoms with Crippen LogP contribution in [-0.4, -0.2) is 84.6 Å². The van der Waals surface area contributed by atoms with Crippen LogP contribution in [0.4, 0.5) is 0 Å². The molecule has 0 spiro atoms. The lowest BCUT2D eigenvalue weighted by Crippen LogP contribution is -2.53. The van der Waals surface area contributed by atoms with Crippen LogP contribution in [0, 0.1) is 5.92 Å². The van der Waals surface area contributed by atoms with E-state index in [2.05, 4.69) is 25.8 Å². The van der Waals surface area contributed by atoms with E-state index in [1.165, 1.54) is 32.1 Å². The first-order chi connectivity index (χ1) is 15.2. The largest absolute Gasteiger partial charge is 0.352 e. The summed E-state index contributed by atoms with van der Waals surface area (Å²) in [6, 6.07) is 0.941. The summed E-state index contributed by atoms with van der Waals surface area (Å²) in [5.74, 6) is 2.33. The van der Waals surface area contributed by atoms with Gasteiger partial charge in [0.15, 0.2) is 0 Å². The lowest BCUT2D eigenvalue weighted by molar-refractivity contribution is -0.137. The Bertz CT molecular complexity index is 704. The molecule has 0 aromatic rings. The number of amidine groups is 1. The van der Waals surface area contributed by atoms with E-state index in [1.807, 2.05) is 4.90 Å². The molecule has 9 nitrogen and oxygen atoms in total. The monoisotopic (exact) mass is 430 g/mol. The van der Waals surface area contributed by atoms with Gasteiger partial charge < -0.3 is 20.4 Å². The predicted octanol–water partition coefficient (Wildman–Crippen LogP) is 0.184. The number of nitrogens with one attached hydrogen (secondary N) is 3. The number of nitrogens with two attached hydrogens (primary N) is 1. The maximum Gasteiger partial charge on any atom is 0.225 e. The lowest BCUT2D eigenvalue weighted by Gasteiger charge is -2.39. The minimum atomic E-state index is -0.224. The third kappa shape index (κ3) is 4.59. The third-order valence-corrected chi connectivity index (χ3v) is 7.70. The Kier molecular flexibility index (Phi) is 6.43. The highest BCUT2D eigenvalue weighted by Gasteiger charge is 2.42. The number of hydrogen-bond acceptors (Lipinski definition) is 8. The highest BCUT2D eigenvalue weighted by molar-refractivity contribution is 6.02. The molecule has 2 saturated carbocycles. The van der Waals surface area contributed by atoms with Gasteiger partial charge in [-0.2, -0.15) is 4.99 Å². The molecule has 5 aliphatic rings. The van der Waals surface area contributed by atoms with Gasteiger partial charge in [-0.3, -0.25) is 15.8 Å². The molecule has 172 valence electrons. The Hall–Kier alpha value is -1.71. The normalized spacial score (nSPS) is 34.7. The molecule has 4 fully saturated rings. The van der Waals surface area contributed by atoms with Crippen LogP contribution in [0.5, 0.6) is 0 Å². The van der Waals surface area contributed by atoms with Gasteiger partial charge in [-0.05, 0) is 38.5 Å². The Morgan fingerprint density at radius 2 is 1.77 bits per heavy atom. The molecule has 3 heterocycles. The number of aliphatic imine (C=N–C) groups is 2. The van der Waals surface area contributed by atoms with Crippen LogP contribution in [0.1, 0.15) is 57.8 Å². The number of carbonyl (C=O) groups is 1. The number of guanidine groups is 1. The van der Waals surface area contributed by atoms with E-state index in [1.54, 1.807) is 0 Å². The zero-order chi connectivity index (χ0) is 21.2. The maximum absolute atomic E-state index is 12.9. The van der Waals surface area contributed by atoms with E-state index < -0.39 is 0 Å². The van der Waals surface area contributed by atoms with Crippen molar-refractivity contribution < 1.29 is 4.79 Å². The van der Waals surface area contributed by atoms with Crippen LogP contribution in [0.2, 0.25) is 0 Å². The van der Waals surface area contributed by atoms with Crippen LogP contribution in [0.15, 0.2) is 9.98 Å². The average Bonchev–Trinajstić information content (AvgIpc) is 3.15. The van der Waals surface area contributed by atoms with Crippen molar-refractivity contribution in [3.8, 4) is 0 Å². The van der Waals surface area contributed by atoms with E-state index in [-0.39, 0.29) is 18.2 Å². The van der Waals surface area contributed by atoms with Crippen LogP contribution < -0.4 is 21.7 Å². The molecule has 0 aromatic carbocycles. The quantitative estimate of drug-likeness (QED) is 0.509. The second-order valence-electron chi connectivity index (χ2n) is 9.77. The lowest BCUT2D eigenvalue weighted by atomic mass is 9.84. The van der Waals surface area contributed by atoms with Gasteiger partial charge in [-0.15, -0.1) is 0 Å².